The van der Waals surface area contributed by atoms with E-state index in [0.717, 1.165) is 65.8 Å². The fourth-order valence-electron chi connectivity index (χ4n) is 8.91. The average Bonchev–Trinajstić information content (AvgIpc) is 4.27. The van der Waals surface area contributed by atoms with Crippen LogP contribution in [0.3, 0.4) is 0 Å². The second-order valence-corrected chi connectivity index (χ2v) is 17.2. The lowest BCUT2D eigenvalue weighted by molar-refractivity contribution is 0.122. The number of pyridine rings is 2. The van der Waals surface area contributed by atoms with Crippen LogP contribution in [0.15, 0.2) is 125 Å². The van der Waals surface area contributed by atoms with E-state index in [1.165, 1.54) is 5.56 Å². The van der Waals surface area contributed by atoms with Crippen molar-refractivity contribution >= 4 is 73.8 Å². The summed E-state index contributed by atoms with van der Waals surface area (Å²) in [6, 6.07) is 32.9. The van der Waals surface area contributed by atoms with Gasteiger partial charge in [0.2, 0.25) is 5.88 Å². The molecule has 2 aliphatic carbocycles. The quantitative estimate of drug-likeness (QED) is 0.128. The number of ether oxygens (including phenoxy) is 2. The molecule has 4 aromatic carbocycles. The van der Waals surface area contributed by atoms with E-state index in [0.29, 0.717) is 74.8 Å². The van der Waals surface area contributed by atoms with Gasteiger partial charge in [0.15, 0.2) is 0 Å². The number of nitrogens with zero attached hydrogens (tertiary/aromatic N) is 7. The number of hydrogen-bond acceptors (Lipinski definition) is 11. The first-order chi connectivity index (χ1) is 31.3. The number of nitrogens with one attached hydrogen (secondary N) is 2. The summed E-state index contributed by atoms with van der Waals surface area (Å²) in [5, 5.41) is 9.19. The Balaban J connectivity index is 0.961. The van der Waals surface area contributed by atoms with E-state index in [-0.39, 0.29) is 11.8 Å². The molecule has 3 fully saturated rings. The molecule has 3 aliphatic rings. The number of morpholine rings is 1. The van der Waals surface area contributed by atoms with Gasteiger partial charge >= 0.3 is 11.4 Å². The summed E-state index contributed by atoms with van der Waals surface area (Å²) in [6.07, 6.45) is 6.43. The Labute approximate surface area is 377 Å². The van der Waals surface area contributed by atoms with Crippen molar-refractivity contribution in [2.24, 2.45) is 0 Å². The predicted molar refractivity (Wildman–Crippen MR) is 251 cm³/mol. The van der Waals surface area contributed by atoms with E-state index in [4.69, 9.17) is 32.7 Å². The lowest BCUT2D eigenvalue weighted by atomic mass is 10.0. The zero-order valence-corrected chi connectivity index (χ0v) is 36.2. The highest BCUT2D eigenvalue weighted by Gasteiger charge is 2.41. The SMILES string of the molecule is COc1cc(Nc2nc(=O)n(-c3cccc(C4CC4c4ccc5c(Nc6ccnc(N7CCOCC7)c6)nc(=O)n(-c6ccccc6Cl)c5c4)c3Cl)c3cc(C4CC4)ccc23)ccn1. The fourth-order valence-corrected chi connectivity index (χ4v) is 9.48. The molecular weight excluding hydrogens is 850 g/mol. The van der Waals surface area contributed by atoms with Crippen LogP contribution >= 0.6 is 23.2 Å². The molecule has 8 aromatic rings. The van der Waals surface area contributed by atoms with E-state index in [1.54, 1.807) is 46.8 Å². The van der Waals surface area contributed by atoms with Crippen LogP contribution in [-0.4, -0.2) is 62.5 Å². The van der Waals surface area contributed by atoms with Crippen LogP contribution in [0.4, 0.5) is 28.8 Å². The van der Waals surface area contributed by atoms with Crippen molar-refractivity contribution in [2.45, 2.75) is 37.0 Å². The maximum Gasteiger partial charge on any atom is 0.354 e. The van der Waals surface area contributed by atoms with Gasteiger partial charge in [0.05, 0.1) is 52.8 Å². The summed E-state index contributed by atoms with van der Waals surface area (Å²) in [7, 11) is 1.56. The summed E-state index contributed by atoms with van der Waals surface area (Å²) in [4.78, 5) is 48.4. The van der Waals surface area contributed by atoms with Gasteiger partial charge in [0.1, 0.15) is 17.5 Å². The average molecular weight is 891 g/mol. The second-order valence-electron chi connectivity index (χ2n) is 16.4. The van der Waals surface area contributed by atoms with Gasteiger partial charge in [0.25, 0.3) is 0 Å². The van der Waals surface area contributed by atoms with Crippen molar-refractivity contribution in [3.8, 4) is 17.3 Å². The third-order valence-electron chi connectivity index (χ3n) is 12.4. The first-order valence-corrected chi connectivity index (χ1v) is 22.1. The Kier molecular flexibility index (Phi) is 10.2. The Hall–Kier alpha value is -6.80. The molecule has 64 heavy (non-hydrogen) atoms. The van der Waals surface area contributed by atoms with Gasteiger partial charge in [-0.05, 0) is 108 Å². The van der Waals surface area contributed by atoms with Gasteiger partial charge in [0, 0.05) is 59.8 Å². The summed E-state index contributed by atoms with van der Waals surface area (Å²) in [6.45, 7) is 2.77. The minimum Gasteiger partial charge on any atom is -0.481 e. The lowest BCUT2D eigenvalue weighted by Crippen LogP contribution is -2.36. The normalized spacial score (nSPS) is 17.1. The van der Waals surface area contributed by atoms with Gasteiger partial charge < -0.3 is 25.0 Å². The van der Waals surface area contributed by atoms with Gasteiger partial charge in [-0.2, -0.15) is 9.97 Å². The molecule has 2 N–H and O–H groups in total. The minimum absolute atomic E-state index is 0.0554. The zero-order valence-electron chi connectivity index (χ0n) is 34.7. The van der Waals surface area contributed by atoms with E-state index in [2.05, 4.69) is 59.7 Å². The van der Waals surface area contributed by atoms with Crippen LogP contribution in [0.1, 0.15) is 53.7 Å². The maximum absolute atomic E-state index is 14.2. The largest absolute Gasteiger partial charge is 0.481 e. The van der Waals surface area contributed by atoms with Gasteiger partial charge in [-0.25, -0.2) is 19.6 Å². The monoisotopic (exact) mass is 889 g/mol. The Bertz CT molecular complexity index is 3260. The third-order valence-corrected chi connectivity index (χ3v) is 13.1. The molecule has 15 heteroatoms. The van der Waals surface area contributed by atoms with Gasteiger partial charge in [-0.1, -0.05) is 59.6 Å². The Morgan fingerprint density at radius 3 is 2.03 bits per heavy atom. The molecule has 0 amide bonds. The van der Waals surface area contributed by atoms with E-state index >= 15 is 0 Å². The van der Waals surface area contributed by atoms with Crippen LogP contribution < -0.4 is 31.6 Å². The maximum atomic E-state index is 14.2. The molecule has 2 saturated carbocycles. The van der Waals surface area contributed by atoms with Crippen molar-refractivity contribution in [2.75, 3.05) is 48.9 Å². The lowest BCUT2D eigenvalue weighted by Gasteiger charge is -2.28. The molecule has 4 aromatic heterocycles. The topological polar surface area (TPSA) is 141 Å². The van der Waals surface area contributed by atoms with Crippen molar-refractivity contribution in [3.05, 3.63) is 163 Å². The molecule has 1 aliphatic heterocycles. The molecule has 11 rings (SSSR count). The number of benzene rings is 4. The summed E-state index contributed by atoms with van der Waals surface area (Å²) < 4.78 is 14.1. The summed E-state index contributed by atoms with van der Waals surface area (Å²) >= 11 is 14.1. The number of hydrogen-bond donors (Lipinski definition) is 2. The first kappa shape index (κ1) is 40.0. The molecule has 2 unspecified atom stereocenters. The van der Waals surface area contributed by atoms with Crippen LogP contribution in [0, 0.1) is 0 Å². The molecule has 0 radical (unpaired) electrons. The smallest absolute Gasteiger partial charge is 0.354 e. The summed E-state index contributed by atoms with van der Waals surface area (Å²) in [5.41, 5.74) is 6.16. The zero-order chi connectivity index (χ0) is 43.5. The minimum atomic E-state index is -0.469. The Morgan fingerprint density at radius 2 is 1.33 bits per heavy atom. The van der Waals surface area contributed by atoms with Crippen LogP contribution in [0.2, 0.25) is 10.0 Å². The Morgan fingerprint density at radius 1 is 0.688 bits per heavy atom. The second kappa shape index (κ2) is 16.4. The fraction of sp³-hybridized carbons (Fsp3) is 0.224. The molecule has 2 atom stereocenters. The molecule has 0 spiro atoms. The third kappa shape index (κ3) is 7.48. The molecule has 0 bridgehead atoms. The summed E-state index contributed by atoms with van der Waals surface area (Å²) in [5.74, 6) is 2.72. The van der Waals surface area contributed by atoms with Crippen LogP contribution in [0.25, 0.3) is 33.2 Å². The first-order valence-electron chi connectivity index (χ1n) is 21.3. The number of rotatable bonds is 11. The number of methoxy groups -OCH3 is 1. The highest BCUT2D eigenvalue weighted by atomic mass is 35.5. The predicted octanol–water partition coefficient (Wildman–Crippen LogP) is 9.66. The van der Waals surface area contributed by atoms with Crippen molar-refractivity contribution < 1.29 is 9.47 Å². The molecular formula is C49H41Cl2N9O4. The molecule has 1 saturated heterocycles. The highest BCUT2D eigenvalue weighted by molar-refractivity contribution is 6.33. The van der Waals surface area contributed by atoms with E-state index in [1.807, 2.05) is 60.7 Å². The highest BCUT2D eigenvalue weighted by Crippen LogP contribution is 2.57. The standard InChI is InChI=1S/C49H41Cl2N9O4/c1-63-44-26-32(16-18-53-44)55-47-34-13-11-29(28-9-10-28)23-41(34)60(49(62)57-47)40-8-4-5-33(45(40)51)37-27-36(37)30-12-14-35-42(24-30)59(39-7-3-2-6-38(39)50)48(61)56-46(35)54-31-15-17-52-43(25-31)58-19-21-64-22-20-58/h2-8,11-18,23-26,28,36-37H,9-10,19-22,27H2,1H3,(H,52,54,56,61)(H,53,55,57,62). The van der Waals surface area contributed by atoms with Crippen molar-refractivity contribution in [1.82, 2.24) is 29.1 Å². The number of halogens is 2. The van der Waals surface area contributed by atoms with E-state index in [9.17, 15) is 9.59 Å². The molecule has 5 heterocycles. The number of para-hydroxylation sites is 1. The van der Waals surface area contributed by atoms with Crippen molar-refractivity contribution in [3.63, 3.8) is 0 Å². The van der Waals surface area contributed by atoms with Crippen molar-refractivity contribution in [1.29, 1.82) is 0 Å². The number of anilines is 5. The van der Waals surface area contributed by atoms with E-state index < -0.39 is 11.4 Å². The van der Waals surface area contributed by atoms with Gasteiger partial charge in [-0.3, -0.25) is 9.13 Å². The molecule has 320 valence electrons. The van der Waals surface area contributed by atoms with Crippen LogP contribution in [-0.2, 0) is 4.74 Å². The molecule has 13 nitrogen and oxygen atoms in total. The number of fused-ring (bicyclic) bond motifs is 2. The van der Waals surface area contributed by atoms with Gasteiger partial charge in [-0.15, -0.1) is 0 Å². The van der Waals surface area contributed by atoms with Crippen LogP contribution in [0.5, 0.6) is 5.88 Å². The number of aromatic nitrogens is 6.